The molecule has 1 aromatic carbocycles. The van der Waals surface area contributed by atoms with Crippen LogP contribution < -0.4 is 10.1 Å². The molecule has 0 unspecified atom stereocenters. The number of hydrogen-bond acceptors (Lipinski definition) is 3. The van der Waals surface area contributed by atoms with Crippen LogP contribution >= 0.6 is 0 Å². The van der Waals surface area contributed by atoms with Crippen LogP contribution in [0.2, 0.25) is 0 Å². The van der Waals surface area contributed by atoms with Crippen molar-refractivity contribution < 1.29 is 9.53 Å². The molecule has 1 fully saturated rings. The molecule has 4 nitrogen and oxygen atoms in total. The van der Waals surface area contributed by atoms with Crippen LogP contribution in [0.4, 0.5) is 0 Å². The van der Waals surface area contributed by atoms with Crippen molar-refractivity contribution in [2.75, 3.05) is 26.2 Å². The first kappa shape index (κ1) is 14.9. The van der Waals surface area contributed by atoms with Gasteiger partial charge in [-0.3, -0.25) is 4.79 Å². The number of ether oxygens (including phenoxy) is 1. The number of rotatable bonds is 4. The van der Waals surface area contributed by atoms with Crippen molar-refractivity contribution in [1.82, 2.24) is 10.2 Å². The van der Waals surface area contributed by atoms with Crippen LogP contribution in [-0.4, -0.2) is 42.6 Å². The summed E-state index contributed by atoms with van der Waals surface area (Å²) in [6.07, 6.45) is 1.00. The SMILES string of the molecule is CCc1ccc(OC(C)(C)C(=O)N2CCNCC2)cc1. The summed E-state index contributed by atoms with van der Waals surface area (Å²) >= 11 is 0. The van der Waals surface area contributed by atoms with Crippen LogP contribution in [0.1, 0.15) is 26.3 Å². The first-order valence-electron chi connectivity index (χ1n) is 7.31. The lowest BCUT2D eigenvalue weighted by atomic mass is 10.1. The summed E-state index contributed by atoms with van der Waals surface area (Å²) in [4.78, 5) is 14.4. The van der Waals surface area contributed by atoms with Gasteiger partial charge >= 0.3 is 0 Å². The molecule has 0 aromatic heterocycles. The topological polar surface area (TPSA) is 41.6 Å². The fourth-order valence-corrected chi connectivity index (χ4v) is 2.38. The lowest BCUT2D eigenvalue weighted by Crippen LogP contribution is -2.54. The maximum Gasteiger partial charge on any atom is 0.266 e. The molecular formula is C16H24N2O2. The molecule has 1 aromatic rings. The summed E-state index contributed by atoms with van der Waals surface area (Å²) in [5.74, 6) is 0.800. The zero-order valence-corrected chi connectivity index (χ0v) is 12.6. The second-order valence-corrected chi connectivity index (χ2v) is 5.65. The maximum absolute atomic E-state index is 12.5. The van der Waals surface area contributed by atoms with Gasteiger partial charge in [0, 0.05) is 26.2 Å². The van der Waals surface area contributed by atoms with Crippen molar-refractivity contribution in [1.29, 1.82) is 0 Å². The average molecular weight is 276 g/mol. The van der Waals surface area contributed by atoms with E-state index in [4.69, 9.17) is 4.74 Å². The number of carbonyl (C=O) groups is 1. The summed E-state index contributed by atoms with van der Waals surface area (Å²) in [5.41, 5.74) is 0.439. The van der Waals surface area contributed by atoms with Crippen LogP contribution in [-0.2, 0) is 11.2 Å². The quantitative estimate of drug-likeness (QED) is 0.912. The van der Waals surface area contributed by atoms with Crippen LogP contribution in [0.25, 0.3) is 0 Å². The van der Waals surface area contributed by atoms with Gasteiger partial charge in [-0.15, -0.1) is 0 Å². The van der Waals surface area contributed by atoms with Gasteiger partial charge in [0.2, 0.25) is 0 Å². The molecule has 0 bridgehead atoms. The van der Waals surface area contributed by atoms with Crippen molar-refractivity contribution in [2.24, 2.45) is 0 Å². The highest BCUT2D eigenvalue weighted by atomic mass is 16.5. The molecule has 4 heteroatoms. The Morgan fingerprint density at radius 1 is 1.25 bits per heavy atom. The van der Waals surface area contributed by atoms with Crippen LogP contribution in [0, 0.1) is 0 Å². The third-order valence-corrected chi connectivity index (χ3v) is 3.62. The fourth-order valence-electron chi connectivity index (χ4n) is 2.38. The minimum atomic E-state index is -0.828. The zero-order valence-electron chi connectivity index (χ0n) is 12.6. The Kier molecular flexibility index (Phi) is 4.65. The number of nitrogens with one attached hydrogen (secondary N) is 1. The van der Waals surface area contributed by atoms with Crippen LogP contribution in [0.3, 0.4) is 0 Å². The van der Waals surface area contributed by atoms with E-state index in [-0.39, 0.29) is 5.91 Å². The molecule has 0 saturated carbocycles. The van der Waals surface area contributed by atoms with Crippen LogP contribution in [0.15, 0.2) is 24.3 Å². The Bertz CT molecular complexity index is 448. The summed E-state index contributed by atoms with van der Waals surface area (Å²) in [7, 11) is 0. The highest BCUT2D eigenvalue weighted by molar-refractivity contribution is 5.85. The molecular weight excluding hydrogens is 252 g/mol. The van der Waals surface area contributed by atoms with Crippen molar-refractivity contribution >= 4 is 5.91 Å². The molecule has 1 amide bonds. The molecule has 2 rings (SSSR count). The molecule has 1 aliphatic heterocycles. The Morgan fingerprint density at radius 2 is 1.85 bits per heavy atom. The average Bonchev–Trinajstić information content (AvgIpc) is 2.48. The molecule has 0 aliphatic carbocycles. The monoisotopic (exact) mass is 276 g/mol. The molecule has 110 valence electrons. The third kappa shape index (κ3) is 3.51. The lowest BCUT2D eigenvalue weighted by Gasteiger charge is -2.34. The van der Waals surface area contributed by atoms with E-state index in [2.05, 4.69) is 12.2 Å². The molecule has 0 atom stereocenters. The molecule has 1 N–H and O–H groups in total. The van der Waals surface area contributed by atoms with E-state index in [1.54, 1.807) is 0 Å². The minimum Gasteiger partial charge on any atom is -0.478 e. The van der Waals surface area contributed by atoms with E-state index in [1.807, 2.05) is 43.0 Å². The molecule has 0 spiro atoms. The van der Waals surface area contributed by atoms with Crippen molar-refractivity contribution in [3.05, 3.63) is 29.8 Å². The van der Waals surface area contributed by atoms with E-state index in [0.717, 1.165) is 38.3 Å². The summed E-state index contributed by atoms with van der Waals surface area (Å²) < 4.78 is 5.90. The van der Waals surface area contributed by atoms with Gasteiger partial charge in [0.05, 0.1) is 0 Å². The predicted octanol–water partition coefficient (Wildman–Crippen LogP) is 1.84. The minimum absolute atomic E-state index is 0.0542. The Balaban J connectivity index is 2.02. The highest BCUT2D eigenvalue weighted by Gasteiger charge is 2.34. The Morgan fingerprint density at radius 3 is 2.40 bits per heavy atom. The van der Waals surface area contributed by atoms with Gasteiger partial charge in [-0.25, -0.2) is 0 Å². The predicted molar refractivity (Wildman–Crippen MR) is 80.0 cm³/mol. The standard InChI is InChI=1S/C16H24N2O2/c1-4-13-5-7-14(8-6-13)20-16(2,3)15(19)18-11-9-17-10-12-18/h5-8,17H,4,9-12H2,1-3H3. The van der Waals surface area contributed by atoms with Crippen molar-refractivity contribution in [3.8, 4) is 5.75 Å². The van der Waals surface area contributed by atoms with Gasteiger partial charge < -0.3 is 15.0 Å². The van der Waals surface area contributed by atoms with E-state index < -0.39 is 5.60 Å². The van der Waals surface area contributed by atoms with Gasteiger partial charge in [-0.05, 0) is 38.0 Å². The molecule has 1 aliphatic rings. The number of amides is 1. The van der Waals surface area contributed by atoms with Gasteiger partial charge in [-0.1, -0.05) is 19.1 Å². The number of piperazine rings is 1. The van der Waals surface area contributed by atoms with Gasteiger partial charge in [0.25, 0.3) is 5.91 Å². The maximum atomic E-state index is 12.5. The molecule has 0 radical (unpaired) electrons. The van der Waals surface area contributed by atoms with E-state index in [0.29, 0.717) is 0 Å². The van der Waals surface area contributed by atoms with Gasteiger partial charge in [0.15, 0.2) is 5.60 Å². The van der Waals surface area contributed by atoms with Crippen molar-refractivity contribution in [3.63, 3.8) is 0 Å². The number of carbonyl (C=O) groups excluding carboxylic acids is 1. The van der Waals surface area contributed by atoms with E-state index in [1.165, 1.54) is 5.56 Å². The van der Waals surface area contributed by atoms with Crippen LogP contribution in [0.5, 0.6) is 5.75 Å². The number of benzene rings is 1. The Hall–Kier alpha value is -1.55. The van der Waals surface area contributed by atoms with E-state index >= 15 is 0 Å². The number of nitrogens with zero attached hydrogens (tertiary/aromatic N) is 1. The third-order valence-electron chi connectivity index (χ3n) is 3.62. The Labute approximate surface area is 121 Å². The number of hydrogen-bond donors (Lipinski definition) is 1. The summed E-state index contributed by atoms with van der Waals surface area (Å²) in [6.45, 7) is 9.00. The largest absolute Gasteiger partial charge is 0.478 e. The second kappa shape index (κ2) is 6.27. The van der Waals surface area contributed by atoms with E-state index in [9.17, 15) is 4.79 Å². The van der Waals surface area contributed by atoms with Gasteiger partial charge in [-0.2, -0.15) is 0 Å². The number of aryl methyl sites for hydroxylation is 1. The molecule has 20 heavy (non-hydrogen) atoms. The molecule has 1 saturated heterocycles. The first-order valence-corrected chi connectivity index (χ1v) is 7.31. The lowest BCUT2D eigenvalue weighted by molar-refractivity contribution is -0.146. The fraction of sp³-hybridized carbons (Fsp3) is 0.562. The summed E-state index contributed by atoms with van der Waals surface area (Å²) in [5, 5.41) is 3.25. The first-order chi connectivity index (χ1) is 9.53. The zero-order chi connectivity index (χ0) is 14.6. The highest BCUT2D eigenvalue weighted by Crippen LogP contribution is 2.21. The summed E-state index contributed by atoms with van der Waals surface area (Å²) in [6, 6.07) is 7.96. The normalized spacial score (nSPS) is 16.1. The second-order valence-electron chi connectivity index (χ2n) is 5.65. The van der Waals surface area contributed by atoms with Crippen molar-refractivity contribution in [2.45, 2.75) is 32.8 Å². The molecule has 1 heterocycles. The smallest absolute Gasteiger partial charge is 0.266 e. The van der Waals surface area contributed by atoms with Gasteiger partial charge in [0.1, 0.15) is 5.75 Å².